The van der Waals surface area contributed by atoms with E-state index in [1.54, 1.807) is 12.0 Å². The van der Waals surface area contributed by atoms with Crippen LogP contribution in [0.1, 0.15) is 5.69 Å². The summed E-state index contributed by atoms with van der Waals surface area (Å²) in [5, 5.41) is 0. The summed E-state index contributed by atoms with van der Waals surface area (Å²) in [6.07, 6.45) is 4.44. The molecule has 0 N–H and O–H groups in total. The first-order chi connectivity index (χ1) is 10.8. The van der Waals surface area contributed by atoms with Crippen molar-refractivity contribution in [1.82, 2.24) is 13.8 Å². The minimum atomic E-state index is -3.47. The lowest BCUT2D eigenvalue weighted by molar-refractivity contribution is -0.132. The van der Waals surface area contributed by atoms with Crippen LogP contribution in [0.5, 0.6) is 0 Å². The summed E-state index contributed by atoms with van der Waals surface area (Å²) in [4.78, 5) is 14.1. The molecule has 1 heterocycles. The molecule has 1 aromatic rings. The van der Waals surface area contributed by atoms with Crippen LogP contribution >= 0.6 is 0 Å². The minimum Gasteiger partial charge on any atom is -0.383 e. The molecule has 1 aromatic heterocycles. The molecule has 0 aliphatic heterocycles. The Morgan fingerprint density at radius 2 is 2.17 bits per heavy atom. The summed E-state index contributed by atoms with van der Waals surface area (Å²) in [5.41, 5.74) is 0.962. The normalized spacial score (nSPS) is 11.7. The first-order valence-electron chi connectivity index (χ1n) is 7.22. The summed E-state index contributed by atoms with van der Waals surface area (Å²) in [6, 6.07) is 3.82. The second-order valence-electron chi connectivity index (χ2n) is 5.26. The van der Waals surface area contributed by atoms with Crippen LogP contribution in [0.2, 0.25) is 0 Å². The molecule has 0 aliphatic carbocycles. The maximum absolute atomic E-state index is 12.5. The number of carbonyl (C=O) groups excluding carboxylic acids is 1. The highest BCUT2D eigenvalue weighted by Gasteiger charge is 2.23. The topological polar surface area (TPSA) is 71.8 Å². The van der Waals surface area contributed by atoms with E-state index in [9.17, 15) is 13.2 Å². The van der Waals surface area contributed by atoms with E-state index in [2.05, 4.69) is 6.58 Å². The highest BCUT2D eigenvalue weighted by atomic mass is 32.2. The summed E-state index contributed by atoms with van der Waals surface area (Å²) in [6.45, 7) is 4.61. The molecule has 0 saturated carbocycles. The number of amides is 1. The van der Waals surface area contributed by atoms with E-state index in [0.717, 1.165) is 16.3 Å². The second kappa shape index (κ2) is 8.85. The Morgan fingerprint density at radius 3 is 2.65 bits per heavy atom. The Morgan fingerprint density at radius 1 is 1.48 bits per heavy atom. The largest absolute Gasteiger partial charge is 0.383 e. The van der Waals surface area contributed by atoms with Crippen molar-refractivity contribution in [3.8, 4) is 0 Å². The molecule has 130 valence electrons. The number of hydrogen-bond donors (Lipinski definition) is 0. The smallest absolute Gasteiger partial charge is 0.238 e. The first kappa shape index (κ1) is 19.4. The van der Waals surface area contributed by atoms with Gasteiger partial charge in [0.25, 0.3) is 0 Å². The van der Waals surface area contributed by atoms with Crippen LogP contribution in [0.25, 0.3) is 0 Å². The molecule has 0 aromatic carbocycles. The lowest BCUT2D eigenvalue weighted by Crippen LogP contribution is -2.43. The third-order valence-corrected chi connectivity index (χ3v) is 4.65. The van der Waals surface area contributed by atoms with Crippen molar-refractivity contribution in [2.24, 2.45) is 7.05 Å². The van der Waals surface area contributed by atoms with Crippen molar-refractivity contribution in [2.45, 2.75) is 6.54 Å². The molecule has 0 aliphatic rings. The lowest BCUT2D eigenvalue weighted by Gasteiger charge is -2.26. The van der Waals surface area contributed by atoms with Gasteiger partial charge in [-0.2, -0.15) is 4.31 Å². The summed E-state index contributed by atoms with van der Waals surface area (Å²) in [5.74, 6) is -0.268. The van der Waals surface area contributed by atoms with Gasteiger partial charge in [-0.15, -0.1) is 6.58 Å². The SMILES string of the molecule is C=CCN(CC(=O)N(CCOC)Cc1cccn1C)S(C)(=O)=O. The Labute approximate surface area is 138 Å². The number of sulfonamides is 1. The van der Waals surface area contributed by atoms with Crippen molar-refractivity contribution in [3.05, 3.63) is 36.7 Å². The van der Waals surface area contributed by atoms with Crippen LogP contribution < -0.4 is 0 Å². The molecule has 0 bridgehead atoms. The third kappa shape index (κ3) is 6.17. The number of aryl methyl sites for hydroxylation is 1. The Balaban J connectivity index is 2.86. The van der Waals surface area contributed by atoms with Gasteiger partial charge < -0.3 is 14.2 Å². The molecule has 23 heavy (non-hydrogen) atoms. The fraction of sp³-hybridized carbons (Fsp3) is 0.533. The van der Waals surface area contributed by atoms with E-state index in [1.165, 1.54) is 6.08 Å². The van der Waals surface area contributed by atoms with E-state index in [0.29, 0.717) is 19.7 Å². The van der Waals surface area contributed by atoms with Crippen molar-refractivity contribution in [3.63, 3.8) is 0 Å². The number of aromatic nitrogens is 1. The van der Waals surface area contributed by atoms with Crippen LogP contribution in [0.15, 0.2) is 31.0 Å². The van der Waals surface area contributed by atoms with Crippen LogP contribution in [0.4, 0.5) is 0 Å². The Bertz CT molecular complexity index is 624. The standard InChI is InChI=1S/C15H25N3O4S/c1-5-8-18(23(4,20)21)13-15(19)17(10-11-22-3)12-14-7-6-9-16(14)2/h5-7,9H,1,8,10-13H2,2-4H3. The van der Waals surface area contributed by atoms with Crippen molar-refractivity contribution >= 4 is 15.9 Å². The zero-order valence-corrected chi connectivity index (χ0v) is 14.8. The average Bonchev–Trinajstić information content (AvgIpc) is 2.87. The number of nitrogens with zero attached hydrogens (tertiary/aromatic N) is 3. The lowest BCUT2D eigenvalue weighted by atomic mass is 10.3. The maximum Gasteiger partial charge on any atom is 0.238 e. The van der Waals surface area contributed by atoms with Crippen LogP contribution in [-0.4, -0.2) is 67.7 Å². The number of methoxy groups -OCH3 is 1. The zero-order valence-electron chi connectivity index (χ0n) is 13.9. The molecule has 0 saturated heterocycles. The molecule has 0 spiro atoms. The van der Waals surface area contributed by atoms with Gasteiger partial charge in [0.05, 0.1) is 26.0 Å². The van der Waals surface area contributed by atoms with E-state index in [1.807, 2.05) is 29.9 Å². The number of ether oxygens (including phenoxy) is 1. The van der Waals surface area contributed by atoms with Crippen molar-refractivity contribution in [2.75, 3.05) is 39.6 Å². The molecule has 0 atom stereocenters. The summed E-state index contributed by atoms with van der Waals surface area (Å²) in [7, 11) is -0.00936. The molecule has 7 nitrogen and oxygen atoms in total. The molecule has 1 amide bonds. The summed E-state index contributed by atoms with van der Waals surface area (Å²) >= 11 is 0. The molecule has 1 rings (SSSR count). The molecule has 0 unspecified atom stereocenters. The molecular formula is C15H25N3O4S. The quantitative estimate of drug-likeness (QED) is 0.578. The van der Waals surface area contributed by atoms with E-state index in [4.69, 9.17) is 4.74 Å². The van der Waals surface area contributed by atoms with E-state index in [-0.39, 0.29) is 19.0 Å². The number of hydrogen-bond acceptors (Lipinski definition) is 4. The highest BCUT2D eigenvalue weighted by molar-refractivity contribution is 7.88. The highest BCUT2D eigenvalue weighted by Crippen LogP contribution is 2.07. The van der Waals surface area contributed by atoms with Gasteiger partial charge in [0.1, 0.15) is 0 Å². The van der Waals surface area contributed by atoms with Gasteiger partial charge in [0.15, 0.2) is 0 Å². The van der Waals surface area contributed by atoms with Gasteiger partial charge in [-0.3, -0.25) is 4.79 Å². The Kier molecular flexibility index (Phi) is 7.47. The first-order valence-corrected chi connectivity index (χ1v) is 9.07. The second-order valence-corrected chi connectivity index (χ2v) is 7.25. The van der Waals surface area contributed by atoms with Gasteiger partial charge in [0.2, 0.25) is 15.9 Å². The minimum absolute atomic E-state index is 0.104. The fourth-order valence-electron chi connectivity index (χ4n) is 2.06. The molecule has 0 fully saturated rings. The van der Waals surface area contributed by atoms with Crippen LogP contribution in [-0.2, 0) is 33.1 Å². The van der Waals surface area contributed by atoms with E-state index >= 15 is 0 Å². The van der Waals surface area contributed by atoms with Crippen LogP contribution in [0.3, 0.4) is 0 Å². The van der Waals surface area contributed by atoms with E-state index < -0.39 is 10.0 Å². The predicted octanol–water partition coefficient (Wildman–Crippen LogP) is 0.448. The monoisotopic (exact) mass is 343 g/mol. The molecule has 8 heteroatoms. The van der Waals surface area contributed by atoms with Gasteiger partial charge in [-0.25, -0.2) is 8.42 Å². The van der Waals surface area contributed by atoms with Gasteiger partial charge >= 0.3 is 0 Å². The zero-order chi connectivity index (χ0) is 17.5. The Hall–Kier alpha value is -1.64. The average molecular weight is 343 g/mol. The third-order valence-electron chi connectivity index (χ3n) is 3.44. The van der Waals surface area contributed by atoms with Crippen LogP contribution in [0, 0.1) is 0 Å². The van der Waals surface area contributed by atoms with Crippen molar-refractivity contribution in [1.29, 1.82) is 0 Å². The summed E-state index contributed by atoms with van der Waals surface area (Å²) < 4.78 is 31.6. The number of rotatable bonds is 10. The van der Waals surface area contributed by atoms with Gasteiger partial charge in [0, 0.05) is 39.1 Å². The van der Waals surface area contributed by atoms with Gasteiger partial charge in [-0.1, -0.05) is 6.08 Å². The van der Waals surface area contributed by atoms with Crippen molar-refractivity contribution < 1.29 is 17.9 Å². The molecular weight excluding hydrogens is 318 g/mol. The van der Waals surface area contributed by atoms with Gasteiger partial charge in [-0.05, 0) is 12.1 Å². The predicted molar refractivity (Wildman–Crippen MR) is 89.3 cm³/mol. The number of carbonyl (C=O) groups is 1. The fourth-order valence-corrected chi connectivity index (χ4v) is 2.78. The maximum atomic E-state index is 12.5. The molecule has 0 radical (unpaired) electrons.